The molecule has 0 saturated carbocycles. The molecule has 1 aliphatic rings. The molecule has 1 amide bonds. The number of nitrogens with two attached hydrogens (primary N) is 1. The Morgan fingerprint density at radius 2 is 1.81 bits per heavy atom. The Kier molecular flexibility index (Phi) is 3.97. The molecular formula is C12H25N3O. The summed E-state index contributed by atoms with van der Waals surface area (Å²) in [6, 6.07) is 0. The van der Waals surface area contributed by atoms with Gasteiger partial charge in [0.1, 0.15) is 0 Å². The molecule has 1 heterocycles. The number of hydrogen-bond acceptors (Lipinski definition) is 3. The highest BCUT2D eigenvalue weighted by Gasteiger charge is 2.37. The first-order valence-electron chi connectivity index (χ1n) is 6.03. The van der Waals surface area contributed by atoms with E-state index in [1.165, 1.54) is 0 Å². The van der Waals surface area contributed by atoms with E-state index in [1.54, 1.807) is 0 Å². The maximum atomic E-state index is 11.1. The highest BCUT2D eigenvalue weighted by Crippen LogP contribution is 2.35. The van der Waals surface area contributed by atoms with Crippen LogP contribution in [0.1, 0.15) is 53.4 Å². The van der Waals surface area contributed by atoms with Gasteiger partial charge in [-0.2, -0.15) is 0 Å². The zero-order valence-electron chi connectivity index (χ0n) is 10.9. The standard InChI is InChI=1S/C12H25N3O/c1-11(2)7-9(5-6-10(16)14-13)8-12(3,4)15-11/h9,15H,5-8,13H2,1-4H3,(H,14,16). The summed E-state index contributed by atoms with van der Waals surface area (Å²) in [6.07, 6.45) is 3.70. The van der Waals surface area contributed by atoms with Gasteiger partial charge < -0.3 is 5.32 Å². The highest BCUT2D eigenvalue weighted by molar-refractivity contribution is 5.75. The van der Waals surface area contributed by atoms with Crippen LogP contribution >= 0.6 is 0 Å². The van der Waals surface area contributed by atoms with Gasteiger partial charge in [-0.3, -0.25) is 10.2 Å². The molecule has 4 N–H and O–H groups in total. The average Bonchev–Trinajstić information content (AvgIpc) is 2.09. The third-order valence-corrected chi connectivity index (χ3v) is 3.22. The van der Waals surface area contributed by atoms with Crippen molar-refractivity contribution in [3.05, 3.63) is 0 Å². The summed E-state index contributed by atoms with van der Waals surface area (Å²) in [5.41, 5.74) is 2.51. The first kappa shape index (κ1) is 13.5. The Hall–Kier alpha value is -0.610. The number of amides is 1. The lowest BCUT2D eigenvalue weighted by molar-refractivity contribution is -0.121. The van der Waals surface area contributed by atoms with E-state index < -0.39 is 0 Å². The molecule has 1 saturated heterocycles. The summed E-state index contributed by atoms with van der Waals surface area (Å²) >= 11 is 0. The number of rotatable bonds is 3. The predicted molar refractivity (Wildman–Crippen MR) is 65.6 cm³/mol. The van der Waals surface area contributed by atoms with Crippen molar-refractivity contribution in [3.63, 3.8) is 0 Å². The Morgan fingerprint density at radius 1 is 1.31 bits per heavy atom. The fraction of sp³-hybridized carbons (Fsp3) is 0.917. The van der Waals surface area contributed by atoms with Gasteiger partial charge in [0, 0.05) is 17.5 Å². The van der Waals surface area contributed by atoms with Gasteiger partial charge in [-0.05, 0) is 52.9 Å². The Balaban J connectivity index is 2.51. The van der Waals surface area contributed by atoms with Crippen molar-refractivity contribution >= 4 is 5.91 Å². The van der Waals surface area contributed by atoms with E-state index >= 15 is 0 Å². The zero-order valence-corrected chi connectivity index (χ0v) is 10.9. The largest absolute Gasteiger partial charge is 0.307 e. The molecule has 0 radical (unpaired) electrons. The molecule has 1 rings (SSSR count). The van der Waals surface area contributed by atoms with Crippen molar-refractivity contribution in [3.8, 4) is 0 Å². The normalized spacial score (nSPS) is 24.1. The SMILES string of the molecule is CC1(C)CC(CCC(=O)NN)CC(C)(C)N1. The minimum Gasteiger partial charge on any atom is -0.307 e. The number of hydrazine groups is 1. The highest BCUT2D eigenvalue weighted by atomic mass is 16.2. The van der Waals surface area contributed by atoms with Crippen molar-refractivity contribution in [1.29, 1.82) is 0 Å². The van der Waals surface area contributed by atoms with Crippen LogP contribution in [0.15, 0.2) is 0 Å². The summed E-state index contributed by atoms with van der Waals surface area (Å²) in [5, 5.41) is 3.64. The predicted octanol–water partition coefficient (Wildman–Crippen LogP) is 1.31. The maximum Gasteiger partial charge on any atom is 0.233 e. The van der Waals surface area contributed by atoms with Gasteiger partial charge in [0.2, 0.25) is 5.91 Å². The molecule has 0 unspecified atom stereocenters. The van der Waals surface area contributed by atoms with Crippen LogP contribution in [0.5, 0.6) is 0 Å². The molecule has 94 valence electrons. The van der Waals surface area contributed by atoms with E-state index in [2.05, 4.69) is 38.4 Å². The maximum absolute atomic E-state index is 11.1. The lowest BCUT2D eigenvalue weighted by Gasteiger charge is -2.46. The second-order valence-electron chi connectivity index (χ2n) is 6.27. The van der Waals surface area contributed by atoms with Gasteiger partial charge in [0.05, 0.1) is 0 Å². The summed E-state index contributed by atoms with van der Waals surface area (Å²) in [5.74, 6) is 5.62. The second-order valence-corrected chi connectivity index (χ2v) is 6.27. The Labute approximate surface area is 98.3 Å². The second kappa shape index (κ2) is 4.72. The Bertz CT molecular complexity index is 245. The number of carbonyl (C=O) groups excluding carboxylic acids is 1. The first-order chi connectivity index (χ1) is 7.24. The lowest BCUT2D eigenvalue weighted by atomic mass is 9.74. The van der Waals surface area contributed by atoms with Crippen LogP contribution < -0.4 is 16.6 Å². The molecule has 0 spiro atoms. The summed E-state index contributed by atoms with van der Waals surface area (Å²) in [7, 11) is 0. The summed E-state index contributed by atoms with van der Waals surface area (Å²) in [6.45, 7) is 8.90. The van der Waals surface area contributed by atoms with Crippen molar-refractivity contribution in [2.24, 2.45) is 11.8 Å². The van der Waals surface area contributed by atoms with E-state index in [-0.39, 0.29) is 17.0 Å². The minimum atomic E-state index is -0.0610. The minimum absolute atomic E-state index is 0.0610. The lowest BCUT2D eigenvalue weighted by Crippen LogP contribution is -2.57. The monoisotopic (exact) mass is 227 g/mol. The van der Waals surface area contributed by atoms with Crippen LogP contribution in [-0.4, -0.2) is 17.0 Å². The van der Waals surface area contributed by atoms with Gasteiger partial charge in [0.25, 0.3) is 0 Å². The molecule has 0 aliphatic carbocycles. The molecule has 0 atom stereocenters. The smallest absolute Gasteiger partial charge is 0.233 e. The van der Waals surface area contributed by atoms with Crippen LogP contribution in [-0.2, 0) is 4.79 Å². The third-order valence-electron chi connectivity index (χ3n) is 3.22. The van der Waals surface area contributed by atoms with E-state index in [0.29, 0.717) is 12.3 Å². The summed E-state index contributed by atoms with van der Waals surface area (Å²) in [4.78, 5) is 11.1. The van der Waals surface area contributed by atoms with Crippen LogP contribution in [0.4, 0.5) is 0 Å². The van der Waals surface area contributed by atoms with Crippen LogP contribution in [0, 0.1) is 5.92 Å². The molecule has 0 aromatic carbocycles. The number of carbonyl (C=O) groups is 1. The molecular weight excluding hydrogens is 202 g/mol. The van der Waals surface area contributed by atoms with E-state index in [1.807, 2.05) is 0 Å². The van der Waals surface area contributed by atoms with E-state index in [9.17, 15) is 4.79 Å². The first-order valence-corrected chi connectivity index (χ1v) is 6.03. The molecule has 4 heteroatoms. The molecule has 1 aliphatic heterocycles. The molecule has 0 aromatic rings. The van der Waals surface area contributed by atoms with Gasteiger partial charge >= 0.3 is 0 Å². The van der Waals surface area contributed by atoms with Crippen molar-refractivity contribution in [2.75, 3.05) is 0 Å². The molecule has 0 aromatic heterocycles. The van der Waals surface area contributed by atoms with Crippen LogP contribution in [0.2, 0.25) is 0 Å². The van der Waals surface area contributed by atoms with Crippen molar-refractivity contribution in [1.82, 2.24) is 10.7 Å². The fourth-order valence-electron chi connectivity index (χ4n) is 3.15. The van der Waals surface area contributed by atoms with Crippen molar-refractivity contribution < 1.29 is 4.79 Å². The van der Waals surface area contributed by atoms with Gasteiger partial charge in [-0.1, -0.05) is 0 Å². The third kappa shape index (κ3) is 4.10. The zero-order chi connectivity index (χ0) is 12.4. The number of nitrogens with one attached hydrogen (secondary N) is 2. The average molecular weight is 227 g/mol. The summed E-state index contributed by atoms with van der Waals surface area (Å²) < 4.78 is 0. The molecule has 16 heavy (non-hydrogen) atoms. The number of hydrogen-bond donors (Lipinski definition) is 3. The quantitative estimate of drug-likeness (QED) is 0.387. The van der Waals surface area contributed by atoms with Crippen molar-refractivity contribution in [2.45, 2.75) is 64.5 Å². The fourth-order valence-corrected chi connectivity index (χ4v) is 3.15. The van der Waals surface area contributed by atoms with Crippen LogP contribution in [0.25, 0.3) is 0 Å². The van der Waals surface area contributed by atoms with Gasteiger partial charge in [-0.15, -0.1) is 0 Å². The van der Waals surface area contributed by atoms with Gasteiger partial charge in [-0.25, -0.2) is 5.84 Å². The molecule has 4 nitrogen and oxygen atoms in total. The van der Waals surface area contributed by atoms with E-state index in [0.717, 1.165) is 19.3 Å². The van der Waals surface area contributed by atoms with E-state index in [4.69, 9.17) is 5.84 Å². The van der Waals surface area contributed by atoms with Crippen LogP contribution in [0.3, 0.4) is 0 Å². The molecule has 1 fully saturated rings. The Morgan fingerprint density at radius 3 is 2.25 bits per heavy atom. The number of piperidine rings is 1. The van der Waals surface area contributed by atoms with Gasteiger partial charge in [0.15, 0.2) is 0 Å². The molecule has 0 bridgehead atoms. The topological polar surface area (TPSA) is 67.2 Å².